The highest BCUT2D eigenvalue weighted by Gasteiger charge is 2.79. The van der Waals surface area contributed by atoms with Crippen LogP contribution >= 0.6 is 22.6 Å². The number of rotatable bonds is 4. The molecule has 0 aromatic heterocycles. The molecule has 116 valence electrons. The van der Waals surface area contributed by atoms with Crippen LogP contribution in [0.4, 0.5) is 4.79 Å². The maximum Gasteiger partial charge on any atom is 0.367 e. The maximum atomic E-state index is 12.0. The molecule has 0 aliphatic heterocycles. The first-order valence-electron chi connectivity index (χ1n) is 7.83. The van der Waals surface area contributed by atoms with E-state index in [1.807, 2.05) is 0 Å². The first-order valence-corrected chi connectivity index (χ1v) is 8.91. The van der Waals surface area contributed by atoms with Crippen molar-refractivity contribution in [3.05, 3.63) is 0 Å². The lowest BCUT2D eigenvalue weighted by Gasteiger charge is -2.66. The highest BCUT2D eigenvalue weighted by Crippen LogP contribution is 2.86. The molecule has 0 radical (unpaired) electrons. The van der Waals surface area contributed by atoms with Crippen molar-refractivity contribution >= 4 is 32.5 Å². The second-order valence-corrected chi connectivity index (χ2v) is 8.93. The van der Waals surface area contributed by atoms with Gasteiger partial charge in [0.15, 0.2) is 6.61 Å². The molecule has 4 rings (SSSR count). The van der Waals surface area contributed by atoms with Crippen molar-refractivity contribution in [3.8, 4) is 0 Å². The Morgan fingerprint density at radius 1 is 1.19 bits per heavy atom. The third kappa shape index (κ3) is 1.67. The third-order valence-electron chi connectivity index (χ3n) is 7.29. The normalized spacial score (nSPS) is 45.4. The molecular formula is C16H21IO4. The standard InChI is InChI=1S/C16H21IO4/c1-14(2,21-12(18)7-20-13(17)19)15-5-10-3-9-4-11(6-15)16(9,10)8-15/h9-11H,3-8H2,1-2H3. The van der Waals surface area contributed by atoms with Crippen LogP contribution in [0.1, 0.15) is 46.0 Å². The molecule has 0 N–H and O–H groups in total. The average molecular weight is 404 g/mol. The molecule has 21 heavy (non-hydrogen) atoms. The van der Waals surface area contributed by atoms with Crippen LogP contribution in [0.3, 0.4) is 0 Å². The van der Waals surface area contributed by atoms with E-state index in [0.29, 0.717) is 5.41 Å². The number of carbonyl (C=O) groups excluding carboxylic acids is 2. The van der Waals surface area contributed by atoms with E-state index in [9.17, 15) is 9.59 Å². The van der Waals surface area contributed by atoms with E-state index in [2.05, 4.69) is 13.8 Å². The fourth-order valence-corrected chi connectivity index (χ4v) is 6.47. The van der Waals surface area contributed by atoms with Gasteiger partial charge in [0.05, 0.1) is 22.6 Å². The Hall–Kier alpha value is -0.330. The van der Waals surface area contributed by atoms with Crippen molar-refractivity contribution in [2.75, 3.05) is 6.61 Å². The van der Waals surface area contributed by atoms with Gasteiger partial charge in [-0.15, -0.1) is 0 Å². The molecule has 1 spiro atoms. The molecule has 2 unspecified atom stereocenters. The largest absolute Gasteiger partial charge is 0.457 e. The zero-order valence-corrected chi connectivity index (χ0v) is 14.6. The Morgan fingerprint density at radius 2 is 1.81 bits per heavy atom. The molecular weight excluding hydrogens is 383 g/mol. The van der Waals surface area contributed by atoms with Crippen LogP contribution in [-0.2, 0) is 14.3 Å². The van der Waals surface area contributed by atoms with Gasteiger partial charge >= 0.3 is 9.95 Å². The van der Waals surface area contributed by atoms with Crippen LogP contribution in [0.15, 0.2) is 0 Å². The molecule has 0 heterocycles. The number of fused-ring (bicyclic) bond motifs is 1. The first kappa shape index (κ1) is 14.3. The van der Waals surface area contributed by atoms with Crippen LogP contribution in [-0.4, -0.2) is 22.2 Å². The molecule has 0 saturated heterocycles. The summed E-state index contributed by atoms with van der Waals surface area (Å²) < 4.78 is 10.0. The van der Waals surface area contributed by atoms with Gasteiger partial charge in [-0.05, 0) is 69.1 Å². The van der Waals surface area contributed by atoms with E-state index in [1.165, 1.54) is 54.7 Å². The molecule has 0 aromatic rings. The summed E-state index contributed by atoms with van der Waals surface area (Å²) >= 11 is 1.52. The summed E-state index contributed by atoms with van der Waals surface area (Å²) in [6.45, 7) is 3.83. The van der Waals surface area contributed by atoms with Gasteiger partial charge in [-0.2, -0.15) is 0 Å². The minimum absolute atomic E-state index is 0.150. The predicted molar refractivity (Wildman–Crippen MR) is 84.0 cm³/mol. The highest BCUT2D eigenvalue weighted by atomic mass is 127. The van der Waals surface area contributed by atoms with Gasteiger partial charge in [0, 0.05) is 5.41 Å². The third-order valence-corrected chi connectivity index (χ3v) is 7.60. The van der Waals surface area contributed by atoms with Crippen molar-refractivity contribution in [3.63, 3.8) is 0 Å². The summed E-state index contributed by atoms with van der Waals surface area (Å²) in [6.07, 6.45) is 6.47. The summed E-state index contributed by atoms with van der Waals surface area (Å²) in [5, 5.41) is 0. The molecule has 4 aliphatic carbocycles. The minimum atomic E-state index is -0.472. The SMILES string of the molecule is CC(C)(OC(=O)COC(=O)I)C12CC3CC4CC(C1)C43C2. The highest BCUT2D eigenvalue weighted by molar-refractivity contribution is 14.1. The van der Waals surface area contributed by atoms with Crippen LogP contribution in [0, 0.1) is 28.6 Å². The Morgan fingerprint density at radius 3 is 2.29 bits per heavy atom. The minimum Gasteiger partial charge on any atom is -0.457 e. The van der Waals surface area contributed by atoms with Gasteiger partial charge in [0.25, 0.3) is 0 Å². The van der Waals surface area contributed by atoms with Crippen molar-refractivity contribution < 1.29 is 19.1 Å². The van der Waals surface area contributed by atoms with Crippen molar-refractivity contribution in [2.45, 2.75) is 51.6 Å². The van der Waals surface area contributed by atoms with E-state index >= 15 is 0 Å². The van der Waals surface area contributed by atoms with Gasteiger partial charge in [-0.1, -0.05) is 0 Å². The number of ether oxygens (including phenoxy) is 2. The molecule has 0 aromatic carbocycles. The summed E-state index contributed by atoms with van der Waals surface area (Å²) in [4.78, 5) is 22.8. The second kappa shape index (κ2) is 4.15. The molecule has 2 bridgehead atoms. The summed E-state index contributed by atoms with van der Waals surface area (Å²) in [7, 11) is 0. The zero-order chi connectivity index (χ0) is 15.0. The Labute approximate surface area is 138 Å². The molecule has 4 fully saturated rings. The zero-order valence-electron chi connectivity index (χ0n) is 12.5. The fourth-order valence-electron chi connectivity index (χ4n) is 6.32. The van der Waals surface area contributed by atoms with Crippen molar-refractivity contribution in [1.29, 1.82) is 0 Å². The number of carbonyl (C=O) groups is 2. The Kier molecular flexibility index (Phi) is 2.82. The van der Waals surface area contributed by atoms with Crippen molar-refractivity contribution in [2.24, 2.45) is 28.6 Å². The lowest BCUT2D eigenvalue weighted by atomic mass is 9.38. The average Bonchev–Trinajstić information content (AvgIpc) is 2.83. The molecule has 4 nitrogen and oxygen atoms in total. The van der Waals surface area contributed by atoms with E-state index < -0.39 is 15.5 Å². The number of hydrogen-bond acceptors (Lipinski definition) is 4. The molecule has 4 saturated carbocycles. The van der Waals surface area contributed by atoms with E-state index in [0.717, 1.165) is 17.8 Å². The smallest absolute Gasteiger partial charge is 0.367 e. The molecule has 0 amide bonds. The Bertz CT molecular complexity index is 510. The topological polar surface area (TPSA) is 52.6 Å². The van der Waals surface area contributed by atoms with Gasteiger partial charge in [-0.3, -0.25) is 0 Å². The fraction of sp³-hybridized carbons (Fsp3) is 0.875. The summed E-state index contributed by atoms with van der Waals surface area (Å²) in [5.74, 6) is 2.29. The monoisotopic (exact) mass is 404 g/mol. The van der Waals surface area contributed by atoms with Crippen LogP contribution in [0.2, 0.25) is 0 Å². The van der Waals surface area contributed by atoms with Crippen LogP contribution in [0.5, 0.6) is 0 Å². The molecule has 4 aliphatic rings. The van der Waals surface area contributed by atoms with Gasteiger partial charge < -0.3 is 9.47 Å². The number of esters is 1. The lowest BCUT2D eigenvalue weighted by molar-refractivity contribution is -0.190. The van der Waals surface area contributed by atoms with Gasteiger partial charge in [-0.25, -0.2) is 9.59 Å². The Balaban J connectivity index is 1.48. The van der Waals surface area contributed by atoms with Crippen molar-refractivity contribution in [1.82, 2.24) is 0 Å². The van der Waals surface area contributed by atoms with Gasteiger partial charge in [0.1, 0.15) is 5.60 Å². The van der Waals surface area contributed by atoms with Crippen LogP contribution < -0.4 is 0 Å². The number of hydrogen-bond donors (Lipinski definition) is 0. The second-order valence-electron chi connectivity index (χ2n) is 8.05. The summed E-state index contributed by atoms with van der Waals surface area (Å²) in [5.41, 5.74) is 0.311. The van der Waals surface area contributed by atoms with Crippen LogP contribution in [0.25, 0.3) is 0 Å². The molecule has 2 atom stereocenters. The van der Waals surface area contributed by atoms with E-state index in [4.69, 9.17) is 9.47 Å². The quantitative estimate of drug-likeness (QED) is 0.407. The van der Waals surface area contributed by atoms with E-state index in [1.54, 1.807) is 0 Å². The maximum absolute atomic E-state index is 12.0. The molecule has 5 heteroatoms. The predicted octanol–water partition coefficient (Wildman–Crippen LogP) is 3.71. The van der Waals surface area contributed by atoms with Gasteiger partial charge in [0.2, 0.25) is 0 Å². The number of halogens is 1. The summed E-state index contributed by atoms with van der Waals surface area (Å²) in [6, 6.07) is 0. The first-order chi connectivity index (χ1) is 9.79. The van der Waals surface area contributed by atoms with E-state index in [-0.39, 0.29) is 12.0 Å². The lowest BCUT2D eigenvalue weighted by Crippen LogP contribution is -2.60.